The zero-order chi connectivity index (χ0) is 14.9. The third-order valence-electron chi connectivity index (χ3n) is 3.91. The van der Waals surface area contributed by atoms with Gasteiger partial charge in [0.15, 0.2) is 0 Å². The Bertz CT molecular complexity index is 793. The minimum absolute atomic E-state index is 0. The molecule has 1 aliphatic rings. The van der Waals surface area contributed by atoms with Crippen molar-refractivity contribution in [2.75, 3.05) is 16.7 Å². The van der Waals surface area contributed by atoms with Crippen LogP contribution in [0.4, 0.5) is 17.2 Å². The van der Waals surface area contributed by atoms with Crippen molar-refractivity contribution in [2.45, 2.75) is 0 Å². The molecule has 2 heterocycles. The van der Waals surface area contributed by atoms with Crippen molar-refractivity contribution in [1.82, 2.24) is 4.98 Å². The van der Waals surface area contributed by atoms with E-state index in [9.17, 15) is 0 Å². The number of nitrogens with zero attached hydrogens (tertiary/aromatic N) is 3. The number of benzene rings is 2. The standard InChI is InChI=1S/C18H15BN3.Ir/c1-21-16-9-5-6-10-17(16)22(19-21)18-12-11-15(13-20-18)14-7-3-2-4-8-14;/h2-13H,1H3;. The minimum atomic E-state index is 0. The van der Waals surface area contributed by atoms with Crippen molar-refractivity contribution in [3.63, 3.8) is 0 Å². The van der Waals surface area contributed by atoms with Crippen LogP contribution in [0.15, 0.2) is 72.9 Å². The fraction of sp³-hybridized carbons (Fsp3) is 0.0556. The van der Waals surface area contributed by atoms with Gasteiger partial charge in [0.25, 0.3) is 0 Å². The van der Waals surface area contributed by atoms with Crippen molar-refractivity contribution in [3.05, 3.63) is 72.9 Å². The summed E-state index contributed by atoms with van der Waals surface area (Å²) in [5.41, 5.74) is 4.66. The average Bonchev–Trinajstić information content (AvgIpc) is 2.93. The molecule has 23 heavy (non-hydrogen) atoms. The second kappa shape index (κ2) is 6.57. The molecule has 0 atom stereocenters. The van der Waals surface area contributed by atoms with E-state index in [1.165, 1.54) is 11.3 Å². The Morgan fingerprint density at radius 1 is 0.783 bits per heavy atom. The van der Waals surface area contributed by atoms with Crippen LogP contribution in [0, 0.1) is 0 Å². The molecule has 3 nitrogen and oxygen atoms in total. The van der Waals surface area contributed by atoms with Crippen LogP contribution in [0.1, 0.15) is 0 Å². The van der Waals surface area contributed by atoms with Crippen LogP contribution < -0.4 is 9.62 Å². The van der Waals surface area contributed by atoms with Crippen molar-refractivity contribution in [3.8, 4) is 11.1 Å². The molecule has 0 spiro atoms. The number of pyridine rings is 1. The maximum Gasteiger partial charge on any atom is 0.397 e. The summed E-state index contributed by atoms with van der Waals surface area (Å²) in [4.78, 5) is 8.87. The SMILES string of the molecule is CN1[B]N(c2ccc(-c3ccccc3)cn2)c2ccccc21.[Ir]. The Labute approximate surface area is 150 Å². The summed E-state index contributed by atoms with van der Waals surface area (Å²) in [6, 6.07) is 22.8. The first-order valence-corrected chi connectivity index (χ1v) is 7.30. The number of rotatable bonds is 2. The maximum absolute atomic E-state index is 4.64. The Morgan fingerprint density at radius 2 is 1.48 bits per heavy atom. The maximum atomic E-state index is 4.64. The fourth-order valence-electron chi connectivity index (χ4n) is 2.78. The molecule has 3 aromatic rings. The molecule has 0 bridgehead atoms. The van der Waals surface area contributed by atoms with Gasteiger partial charge in [0.2, 0.25) is 0 Å². The number of anilines is 3. The van der Waals surface area contributed by atoms with Crippen LogP contribution in [0.5, 0.6) is 0 Å². The van der Waals surface area contributed by atoms with Gasteiger partial charge in [-0.05, 0) is 36.9 Å². The number of hydrogen-bond acceptors (Lipinski definition) is 3. The number of hydrogen-bond donors (Lipinski definition) is 0. The molecule has 0 amide bonds. The quantitative estimate of drug-likeness (QED) is 0.524. The monoisotopic (exact) mass is 477 g/mol. The third kappa shape index (κ3) is 2.90. The van der Waals surface area contributed by atoms with Gasteiger partial charge in [0.1, 0.15) is 5.82 Å². The van der Waals surface area contributed by atoms with E-state index in [0.717, 1.165) is 17.1 Å². The van der Waals surface area contributed by atoms with E-state index in [2.05, 4.69) is 77.7 Å². The molecule has 1 aliphatic heterocycles. The molecule has 2 aromatic carbocycles. The second-order valence-corrected chi connectivity index (χ2v) is 5.36. The summed E-state index contributed by atoms with van der Waals surface area (Å²) < 4.78 is 0. The predicted molar refractivity (Wildman–Crippen MR) is 92.4 cm³/mol. The molecule has 0 unspecified atom stereocenters. The normalized spacial score (nSPS) is 12.4. The summed E-state index contributed by atoms with van der Waals surface area (Å²) in [6.07, 6.45) is 1.93. The molecule has 1 aromatic heterocycles. The topological polar surface area (TPSA) is 19.4 Å². The number of aromatic nitrogens is 1. The van der Waals surface area contributed by atoms with E-state index in [0.29, 0.717) is 0 Å². The summed E-state index contributed by atoms with van der Waals surface area (Å²) >= 11 is 0. The Hall–Kier alpha value is -2.10. The van der Waals surface area contributed by atoms with Crippen LogP contribution in [0.2, 0.25) is 0 Å². The van der Waals surface area contributed by atoms with Crippen molar-refractivity contribution in [1.29, 1.82) is 0 Å². The smallest absolute Gasteiger partial charge is 0.397 e. The molecule has 0 saturated heterocycles. The average molecular weight is 476 g/mol. The molecule has 2 radical (unpaired) electrons. The van der Waals surface area contributed by atoms with Crippen LogP contribution in [-0.2, 0) is 20.1 Å². The first-order valence-electron chi connectivity index (χ1n) is 7.30. The molecule has 0 aliphatic carbocycles. The summed E-state index contributed by atoms with van der Waals surface area (Å²) in [6.45, 7) is 0. The first kappa shape index (κ1) is 15.8. The minimum Gasteiger partial charge on any atom is -0.400 e. The Morgan fingerprint density at radius 3 is 2.17 bits per heavy atom. The van der Waals surface area contributed by atoms with E-state index < -0.39 is 0 Å². The second-order valence-electron chi connectivity index (χ2n) is 5.36. The molecule has 114 valence electrons. The van der Waals surface area contributed by atoms with Crippen LogP contribution in [0.3, 0.4) is 0 Å². The van der Waals surface area contributed by atoms with Gasteiger partial charge >= 0.3 is 7.55 Å². The van der Waals surface area contributed by atoms with E-state index in [4.69, 9.17) is 0 Å². The largest absolute Gasteiger partial charge is 0.400 e. The summed E-state index contributed by atoms with van der Waals surface area (Å²) in [5, 5.41) is 0. The molecule has 4 rings (SSSR count). The van der Waals surface area contributed by atoms with Crippen LogP contribution in [0.25, 0.3) is 11.1 Å². The van der Waals surface area contributed by atoms with Crippen molar-refractivity contribution in [2.24, 2.45) is 0 Å². The van der Waals surface area contributed by atoms with Gasteiger partial charge in [-0.1, -0.05) is 42.5 Å². The van der Waals surface area contributed by atoms with E-state index in [1.807, 2.05) is 24.4 Å². The van der Waals surface area contributed by atoms with Gasteiger partial charge in [0, 0.05) is 37.6 Å². The van der Waals surface area contributed by atoms with Gasteiger partial charge in [-0.3, -0.25) is 0 Å². The van der Waals surface area contributed by atoms with Gasteiger partial charge in [-0.25, -0.2) is 4.98 Å². The molecular formula is C18H15BIrN3. The molecule has 5 heteroatoms. The van der Waals surface area contributed by atoms with Crippen molar-refractivity contribution >= 4 is 24.7 Å². The third-order valence-corrected chi connectivity index (χ3v) is 3.91. The Kier molecular flexibility index (Phi) is 4.51. The fourth-order valence-corrected chi connectivity index (χ4v) is 2.78. The molecule has 0 saturated carbocycles. The number of fused-ring (bicyclic) bond motifs is 1. The van der Waals surface area contributed by atoms with E-state index in [-0.39, 0.29) is 20.1 Å². The summed E-state index contributed by atoms with van der Waals surface area (Å²) in [7, 11) is 4.12. The van der Waals surface area contributed by atoms with E-state index in [1.54, 1.807) is 0 Å². The van der Waals surface area contributed by atoms with Gasteiger partial charge in [-0.15, -0.1) is 0 Å². The van der Waals surface area contributed by atoms with Gasteiger partial charge in [-0.2, -0.15) is 0 Å². The molecule has 0 N–H and O–H groups in total. The zero-order valence-electron chi connectivity index (χ0n) is 12.7. The predicted octanol–water partition coefficient (Wildman–Crippen LogP) is 3.87. The van der Waals surface area contributed by atoms with Gasteiger partial charge < -0.3 is 9.62 Å². The Balaban J connectivity index is 0.00000156. The first-order chi connectivity index (χ1) is 10.8. The zero-order valence-corrected chi connectivity index (χ0v) is 15.1. The summed E-state index contributed by atoms with van der Waals surface area (Å²) in [5.74, 6) is 0.927. The van der Waals surface area contributed by atoms with Crippen molar-refractivity contribution < 1.29 is 20.1 Å². The number of para-hydroxylation sites is 2. The molecular weight excluding hydrogens is 461 g/mol. The van der Waals surface area contributed by atoms with Gasteiger partial charge in [0.05, 0.1) is 5.69 Å². The van der Waals surface area contributed by atoms with Crippen LogP contribution in [-0.4, -0.2) is 19.6 Å². The van der Waals surface area contributed by atoms with Crippen LogP contribution >= 0.6 is 0 Å². The van der Waals surface area contributed by atoms with E-state index >= 15 is 0 Å². The molecule has 0 fully saturated rings.